The number of hydrogen-bond donors (Lipinski definition) is 0. The summed E-state index contributed by atoms with van der Waals surface area (Å²) in [5.41, 5.74) is 27.8. The lowest BCUT2D eigenvalue weighted by Gasteiger charge is -2.36. The van der Waals surface area contributed by atoms with Crippen LogP contribution in [0.5, 0.6) is 11.5 Å². The Labute approximate surface area is 408 Å². The first-order chi connectivity index (χ1) is 34.7. The smallest absolute Gasteiger partial charge is 0.135 e. The highest BCUT2D eigenvalue weighted by molar-refractivity contribution is 6.03. The molecule has 0 saturated carbocycles. The van der Waals surface area contributed by atoms with Gasteiger partial charge >= 0.3 is 0 Å². The van der Waals surface area contributed by atoms with Gasteiger partial charge in [0.1, 0.15) is 11.5 Å². The molecule has 326 valence electrons. The van der Waals surface area contributed by atoms with E-state index in [0.717, 1.165) is 57.2 Å². The molecule has 2 heteroatoms. The normalized spacial score (nSPS) is 14.7. The Morgan fingerprint density at radius 1 is 0.286 bits per heavy atom. The molecule has 1 heterocycles. The minimum atomic E-state index is -0.607. The molecule has 2 nitrogen and oxygen atoms in total. The molecule has 4 aliphatic rings. The van der Waals surface area contributed by atoms with Gasteiger partial charge in [-0.05, 0) is 155 Å². The lowest BCUT2D eigenvalue weighted by Crippen LogP contribution is -2.29. The number of anilines is 3. The molecular weight excluding hydrogens is 847 g/mol. The highest BCUT2D eigenvalue weighted by Crippen LogP contribution is 2.64. The summed E-state index contributed by atoms with van der Waals surface area (Å²) in [4.78, 5) is 2.43. The van der Waals surface area contributed by atoms with Gasteiger partial charge in [0.05, 0.1) is 5.41 Å². The van der Waals surface area contributed by atoms with Crippen molar-refractivity contribution in [3.63, 3.8) is 0 Å². The van der Waals surface area contributed by atoms with Crippen LogP contribution in [0.3, 0.4) is 0 Å². The van der Waals surface area contributed by atoms with Crippen LogP contribution >= 0.6 is 0 Å². The molecule has 3 aliphatic carbocycles. The van der Waals surface area contributed by atoms with Crippen molar-refractivity contribution in [3.05, 3.63) is 282 Å². The fraction of sp³-hybridized carbons (Fsp3) is 0.0294. The quantitative estimate of drug-likeness (QED) is 0.175. The zero-order valence-corrected chi connectivity index (χ0v) is 38.2. The van der Waals surface area contributed by atoms with E-state index in [1.807, 2.05) is 0 Å². The third kappa shape index (κ3) is 5.50. The SMILES string of the molecule is c1ccc(-c2ccc(N(c3ccc4c(c3)-c3ccccc3-c3ccccc3O4)c3ccc4c(c3)-c3ccccc3-c3ccccc3C43c4ccccc4-c4c3ccc3c4-c4ccccc4C3)cc2)cc1. The molecule has 0 saturated heterocycles. The third-order valence-electron chi connectivity index (χ3n) is 15.5. The molecule has 15 rings (SSSR count). The van der Waals surface area contributed by atoms with Gasteiger partial charge in [-0.3, -0.25) is 0 Å². The van der Waals surface area contributed by atoms with Crippen molar-refractivity contribution in [2.45, 2.75) is 11.8 Å². The van der Waals surface area contributed by atoms with E-state index in [4.69, 9.17) is 4.74 Å². The fourth-order valence-corrected chi connectivity index (χ4v) is 12.6. The number of fused-ring (bicyclic) bond motifs is 21. The van der Waals surface area contributed by atoms with E-state index < -0.39 is 5.41 Å². The Hall–Kier alpha value is -8.98. The van der Waals surface area contributed by atoms with E-state index in [0.29, 0.717) is 0 Å². The predicted octanol–water partition coefficient (Wildman–Crippen LogP) is 17.8. The molecule has 70 heavy (non-hydrogen) atoms. The molecule has 1 unspecified atom stereocenters. The van der Waals surface area contributed by atoms with Gasteiger partial charge in [0.2, 0.25) is 0 Å². The van der Waals surface area contributed by atoms with E-state index in [1.165, 1.54) is 89.0 Å². The number of nitrogens with zero attached hydrogens (tertiary/aromatic N) is 1. The average molecular weight is 890 g/mol. The maximum atomic E-state index is 6.79. The number of para-hydroxylation sites is 1. The fourth-order valence-electron chi connectivity index (χ4n) is 12.6. The van der Waals surface area contributed by atoms with E-state index in [-0.39, 0.29) is 0 Å². The maximum absolute atomic E-state index is 6.79. The lowest BCUT2D eigenvalue weighted by atomic mass is 9.65. The lowest BCUT2D eigenvalue weighted by molar-refractivity contribution is 0.488. The second-order valence-corrected chi connectivity index (χ2v) is 19.0. The zero-order valence-electron chi connectivity index (χ0n) is 38.2. The molecule has 0 fully saturated rings. The largest absolute Gasteiger partial charge is 0.456 e. The monoisotopic (exact) mass is 889 g/mol. The van der Waals surface area contributed by atoms with Gasteiger partial charge in [-0.1, -0.05) is 200 Å². The van der Waals surface area contributed by atoms with Crippen LogP contribution in [0.25, 0.3) is 77.9 Å². The van der Waals surface area contributed by atoms with Crippen LogP contribution in [0.1, 0.15) is 33.4 Å². The first-order valence-electron chi connectivity index (χ1n) is 24.4. The van der Waals surface area contributed by atoms with Gasteiger partial charge in [0.15, 0.2) is 0 Å². The Kier molecular flexibility index (Phi) is 8.38. The van der Waals surface area contributed by atoms with E-state index in [2.05, 4.69) is 254 Å². The molecule has 0 bridgehead atoms. The van der Waals surface area contributed by atoms with Crippen LogP contribution in [0.15, 0.2) is 249 Å². The van der Waals surface area contributed by atoms with Gasteiger partial charge < -0.3 is 9.64 Å². The number of benzene rings is 11. The number of ether oxygens (including phenoxy) is 1. The van der Waals surface area contributed by atoms with Crippen LogP contribution in [-0.4, -0.2) is 0 Å². The Morgan fingerprint density at radius 3 is 1.53 bits per heavy atom. The molecule has 0 radical (unpaired) electrons. The molecule has 1 spiro atoms. The second-order valence-electron chi connectivity index (χ2n) is 19.0. The topological polar surface area (TPSA) is 12.5 Å². The highest BCUT2D eigenvalue weighted by atomic mass is 16.5. The summed E-state index contributed by atoms with van der Waals surface area (Å²) in [7, 11) is 0. The van der Waals surface area contributed by atoms with Crippen molar-refractivity contribution in [2.75, 3.05) is 4.90 Å². The summed E-state index contributed by atoms with van der Waals surface area (Å²) in [5.74, 6) is 1.70. The summed E-state index contributed by atoms with van der Waals surface area (Å²) in [6.45, 7) is 0. The molecule has 1 aliphatic heterocycles. The summed E-state index contributed by atoms with van der Waals surface area (Å²) in [6.07, 6.45) is 0.950. The molecule has 0 amide bonds. The van der Waals surface area contributed by atoms with Crippen LogP contribution in [0, 0.1) is 0 Å². The van der Waals surface area contributed by atoms with Crippen molar-refractivity contribution in [1.29, 1.82) is 0 Å². The number of hydrogen-bond acceptors (Lipinski definition) is 2. The van der Waals surface area contributed by atoms with Crippen molar-refractivity contribution in [3.8, 4) is 89.4 Å². The Morgan fingerprint density at radius 2 is 0.771 bits per heavy atom. The summed E-state index contributed by atoms with van der Waals surface area (Å²) >= 11 is 0. The van der Waals surface area contributed by atoms with Crippen LogP contribution in [0.4, 0.5) is 17.1 Å². The standard InChI is InChI=1S/C68H43NO/c1-2-16-43(17-3-1)44-30-33-47(34-31-44)69(49-36-39-65-59(42-49)54-23-9-7-21-52(54)56-25-12-15-29-64(56)70-65)48-35-38-62-58(41-48)53-22-8-6-20-51(53)55-24-10-13-27-60(55)68(62)61-28-14-11-26-57(61)67-63(68)37-32-46-40-45-18-4-5-19-50(45)66(46)67/h1-39,41-42H,40H2. The van der Waals surface area contributed by atoms with Gasteiger partial charge in [-0.2, -0.15) is 0 Å². The van der Waals surface area contributed by atoms with Crippen molar-refractivity contribution >= 4 is 17.1 Å². The minimum absolute atomic E-state index is 0.607. The van der Waals surface area contributed by atoms with E-state index in [9.17, 15) is 0 Å². The molecule has 11 aromatic carbocycles. The summed E-state index contributed by atoms with van der Waals surface area (Å²) in [5, 5.41) is 0. The van der Waals surface area contributed by atoms with Crippen molar-refractivity contribution < 1.29 is 4.74 Å². The third-order valence-corrected chi connectivity index (χ3v) is 15.5. The summed E-state index contributed by atoms with van der Waals surface area (Å²) < 4.78 is 6.79. The molecule has 0 aromatic heterocycles. The molecule has 11 aromatic rings. The van der Waals surface area contributed by atoms with Gasteiger partial charge in [0, 0.05) is 28.2 Å². The Balaban J connectivity index is 1.000. The molecule has 1 atom stereocenters. The van der Waals surface area contributed by atoms with Gasteiger partial charge in [-0.15, -0.1) is 0 Å². The van der Waals surface area contributed by atoms with E-state index >= 15 is 0 Å². The van der Waals surface area contributed by atoms with Crippen LogP contribution < -0.4 is 9.64 Å². The van der Waals surface area contributed by atoms with E-state index in [1.54, 1.807) is 0 Å². The maximum Gasteiger partial charge on any atom is 0.135 e. The van der Waals surface area contributed by atoms with Crippen LogP contribution in [0.2, 0.25) is 0 Å². The van der Waals surface area contributed by atoms with Crippen molar-refractivity contribution in [2.24, 2.45) is 0 Å². The van der Waals surface area contributed by atoms with Gasteiger partial charge in [0.25, 0.3) is 0 Å². The second kappa shape index (κ2) is 15.0. The zero-order chi connectivity index (χ0) is 45.9. The predicted molar refractivity (Wildman–Crippen MR) is 287 cm³/mol. The minimum Gasteiger partial charge on any atom is -0.456 e. The first kappa shape index (κ1) is 39.1. The number of rotatable bonds is 4. The molecule has 0 N–H and O–H groups in total. The first-order valence-corrected chi connectivity index (χ1v) is 24.4. The average Bonchev–Trinajstić information content (AvgIpc) is 3.87. The van der Waals surface area contributed by atoms with Crippen molar-refractivity contribution in [1.82, 2.24) is 0 Å². The molecular formula is C68H43NO. The summed E-state index contributed by atoms with van der Waals surface area (Å²) in [6, 6.07) is 92.2. The van der Waals surface area contributed by atoms with Crippen LogP contribution in [-0.2, 0) is 11.8 Å². The van der Waals surface area contributed by atoms with Gasteiger partial charge in [-0.25, -0.2) is 0 Å². The Bertz CT molecular complexity index is 3960. The highest BCUT2D eigenvalue weighted by Gasteiger charge is 2.51.